The van der Waals surface area contributed by atoms with E-state index in [-0.39, 0.29) is 17.8 Å². The van der Waals surface area contributed by atoms with Crippen molar-refractivity contribution in [2.24, 2.45) is 16.3 Å². The summed E-state index contributed by atoms with van der Waals surface area (Å²) in [6.07, 6.45) is 1.32. The molecule has 1 unspecified atom stereocenters. The van der Waals surface area contributed by atoms with Crippen LogP contribution in [0.5, 0.6) is 0 Å². The summed E-state index contributed by atoms with van der Waals surface area (Å²) in [5, 5.41) is 17.3. The van der Waals surface area contributed by atoms with E-state index in [9.17, 15) is 4.79 Å². The molecule has 17 heavy (non-hydrogen) atoms. The van der Waals surface area contributed by atoms with Crippen LogP contribution in [-0.2, 0) is 4.79 Å². The van der Waals surface area contributed by atoms with Crippen molar-refractivity contribution < 1.29 is 10.0 Å². The van der Waals surface area contributed by atoms with Crippen LogP contribution in [0.3, 0.4) is 0 Å². The van der Waals surface area contributed by atoms with Crippen molar-refractivity contribution in [1.29, 1.82) is 0 Å². The minimum atomic E-state index is -0.479. The van der Waals surface area contributed by atoms with E-state index in [2.05, 4.69) is 15.8 Å². The lowest BCUT2D eigenvalue weighted by Gasteiger charge is -2.26. The van der Waals surface area contributed by atoms with Gasteiger partial charge < -0.3 is 21.6 Å². The van der Waals surface area contributed by atoms with Gasteiger partial charge in [-0.1, -0.05) is 12.1 Å². The van der Waals surface area contributed by atoms with E-state index in [1.165, 1.54) is 0 Å². The molecule has 6 nitrogen and oxygen atoms in total. The number of carbonyl (C=O) groups is 1. The molecule has 0 aromatic carbocycles. The van der Waals surface area contributed by atoms with E-state index in [1.807, 2.05) is 20.8 Å². The van der Waals surface area contributed by atoms with Gasteiger partial charge in [-0.05, 0) is 20.3 Å². The fourth-order valence-electron chi connectivity index (χ4n) is 1.47. The number of hydrogen-bond acceptors (Lipinski definition) is 4. The van der Waals surface area contributed by atoms with Gasteiger partial charge in [-0.25, -0.2) is 0 Å². The van der Waals surface area contributed by atoms with Crippen LogP contribution in [0.1, 0.15) is 33.6 Å². The zero-order valence-electron chi connectivity index (χ0n) is 11.1. The summed E-state index contributed by atoms with van der Waals surface area (Å²) in [5.74, 6) is 0.186. The van der Waals surface area contributed by atoms with Crippen molar-refractivity contribution in [3.63, 3.8) is 0 Å². The lowest BCUT2D eigenvalue weighted by atomic mass is 9.91. The highest BCUT2D eigenvalue weighted by Crippen LogP contribution is 2.14. The van der Waals surface area contributed by atoms with Crippen LogP contribution in [0.2, 0.25) is 0 Å². The van der Waals surface area contributed by atoms with E-state index in [1.54, 1.807) is 7.05 Å². The lowest BCUT2D eigenvalue weighted by Crippen LogP contribution is -2.45. The molecule has 0 saturated heterocycles. The van der Waals surface area contributed by atoms with Crippen LogP contribution in [0.4, 0.5) is 0 Å². The predicted molar refractivity (Wildman–Crippen MR) is 68.0 cm³/mol. The minimum Gasteiger partial charge on any atom is -0.409 e. The van der Waals surface area contributed by atoms with Crippen molar-refractivity contribution in [1.82, 2.24) is 10.6 Å². The average Bonchev–Trinajstić information content (AvgIpc) is 2.32. The minimum absolute atomic E-state index is 0.0105. The number of rotatable bonds is 7. The fraction of sp³-hybridized carbons (Fsp3) is 0.818. The fourth-order valence-corrected chi connectivity index (χ4v) is 1.47. The molecule has 100 valence electrons. The van der Waals surface area contributed by atoms with Crippen LogP contribution in [0.15, 0.2) is 5.16 Å². The van der Waals surface area contributed by atoms with Crippen LogP contribution in [-0.4, -0.2) is 36.6 Å². The summed E-state index contributed by atoms with van der Waals surface area (Å²) < 4.78 is 0. The molecule has 0 rings (SSSR count). The largest absolute Gasteiger partial charge is 0.409 e. The Morgan fingerprint density at radius 3 is 2.53 bits per heavy atom. The van der Waals surface area contributed by atoms with Gasteiger partial charge in [0.15, 0.2) is 0 Å². The van der Waals surface area contributed by atoms with Crippen molar-refractivity contribution in [3.8, 4) is 0 Å². The van der Waals surface area contributed by atoms with Crippen molar-refractivity contribution >= 4 is 11.7 Å². The quantitative estimate of drug-likeness (QED) is 0.223. The number of nitrogens with one attached hydrogen (secondary N) is 2. The maximum absolute atomic E-state index is 11.6. The van der Waals surface area contributed by atoms with Crippen LogP contribution < -0.4 is 16.4 Å². The monoisotopic (exact) mass is 244 g/mol. The molecule has 0 spiro atoms. The van der Waals surface area contributed by atoms with Crippen molar-refractivity contribution in [2.45, 2.75) is 39.7 Å². The number of oxime groups is 1. The smallest absolute Gasteiger partial charge is 0.226 e. The molecular weight excluding hydrogens is 220 g/mol. The molecule has 6 heteroatoms. The third-order valence-electron chi connectivity index (χ3n) is 2.75. The molecule has 0 aliphatic heterocycles. The normalized spacial score (nSPS) is 14.5. The van der Waals surface area contributed by atoms with Gasteiger partial charge in [-0.2, -0.15) is 0 Å². The Labute approximate surface area is 103 Å². The highest BCUT2D eigenvalue weighted by molar-refractivity contribution is 5.82. The van der Waals surface area contributed by atoms with Crippen molar-refractivity contribution in [2.75, 3.05) is 13.6 Å². The summed E-state index contributed by atoms with van der Waals surface area (Å²) in [6, 6.07) is 0.106. The van der Waals surface area contributed by atoms with E-state index >= 15 is 0 Å². The van der Waals surface area contributed by atoms with Crippen LogP contribution >= 0.6 is 0 Å². The Hall–Kier alpha value is -1.30. The molecular formula is C11H24N4O2. The molecule has 0 aliphatic rings. The SMILES string of the molecule is CCC(CC(N)=NO)NCC(C)(C)C(=O)NC. The Morgan fingerprint density at radius 1 is 1.53 bits per heavy atom. The van der Waals surface area contributed by atoms with Crippen LogP contribution in [0, 0.1) is 5.41 Å². The average molecular weight is 244 g/mol. The third kappa shape index (κ3) is 5.53. The first kappa shape index (κ1) is 15.7. The molecule has 1 amide bonds. The predicted octanol–water partition coefficient (Wildman–Crippen LogP) is 0.263. The van der Waals surface area contributed by atoms with E-state index in [4.69, 9.17) is 10.9 Å². The standard InChI is InChI=1S/C11H24N4O2/c1-5-8(6-9(12)15-17)14-7-11(2,3)10(16)13-4/h8,14,17H,5-7H2,1-4H3,(H2,12,15)(H,13,16). The summed E-state index contributed by atoms with van der Waals surface area (Å²) >= 11 is 0. The summed E-state index contributed by atoms with van der Waals surface area (Å²) in [6.45, 7) is 6.29. The number of carbonyl (C=O) groups excluding carboxylic acids is 1. The first-order chi connectivity index (χ1) is 7.87. The number of nitrogens with zero attached hydrogens (tertiary/aromatic N) is 1. The highest BCUT2D eigenvalue weighted by Gasteiger charge is 2.27. The van der Waals surface area contributed by atoms with E-state index in [0.29, 0.717) is 13.0 Å². The Balaban J connectivity index is 4.27. The first-order valence-electron chi connectivity index (χ1n) is 5.79. The molecule has 0 aliphatic carbocycles. The Kier molecular flexibility index (Phi) is 6.57. The molecule has 5 N–H and O–H groups in total. The Morgan fingerprint density at radius 2 is 2.12 bits per heavy atom. The zero-order valence-corrected chi connectivity index (χ0v) is 11.1. The van der Waals surface area contributed by atoms with E-state index < -0.39 is 5.41 Å². The van der Waals surface area contributed by atoms with Gasteiger partial charge in [0, 0.05) is 26.1 Å². The molecule has 0 aromatic rings. The van der Waals surface area contributed by atoms with Gasteiger partial charge in [0.25, 0.3) is 0 Å². The molecule has 0 saturated carbocycles. The summed E-state index contributed by atoms with van der Waals surface area (Å²) in [5.41, 5.74) is 4.98. The molecule has 1 atom stereocenters. The van der Waals surface area contributed by atoms with Gasteiger partial charge in [-0.3, -0.25) is 4.79 Å². The van der Waals surface area contributed by atoms with Crippen LogP contribution in [0.25, 0.3) is 0 Å². The molecule has 0 aromatic heterocycles. The number of amidine groups is 1. The second-order valence-corrected chi connectivity index (χ2v) is 4.74. The topological polar surface area (TPSA) is 99.7 Å². The second kappa shape index (κ2) is 7.11. The number of nitrogens with two attached hydrogens (primary N) is 1. The van der Waals surface area contributed by atoms with Gasteiger partial charge in [-0.15, -0.1) is 0 Å². The second-order valence-electron chi connectivity index (χ2n) is 4.74. The zero-order chi connectivity index (χ0) is 13.5. The number of hydrogen-bond donors (Lipinski definition) is 4. The van der Waals surface area contributed by atoms with Crippen molar-refractivity contribution in [3.05, 3.63) is 0 Å². The van der Waals surface area contributed by atoms with Gasteiger partial charge in [0.2, 0.25) is 5.91 Å². The summed E-state index contributed by atoms with van der Waals surface area (Å²) in [7, 11) is 1.62. The molecule has 0 bridgehead atoms. The first-order valence-corrected chi connectivity index (χ1v) is 5.79. The Bertz CT molecular complexity index is 277. The maximum Gasteiger partial charge on any atom is 0.226 e. The third-order valence-corrected chi connectivity index (χ3v) is 2.75. The highest BCUT2D eigenvalue weighted by atomic mass is 16.4. The molecule has 0 radical (unpaired) electrons. The van der Waals surface area contributed by atoms with Gasteiger partial charge >= 0.3 is 0 Å². The molecule has 0 fully saturated rings. The van der Waals surface area contributed by atoms with E-state index in [0.717, 1.165) is 6.42 Å². The van der Waals surface area contributed by atoms with Gasteiger partial charge in [0.05, 0.1) is 5.41 Å². The number of amides is 1. The lowest BCUT2D eigenvalue weighted by molar-refractivity contribution is -0.128. The summed E-state index contributed by atoms with van der Waals surface area (Å²) in [4.78, 5) is 11.6. The maximum atomic E-state index is 11.6. The molecule has 0 heterocycles. The van der Waals surface area contributed by atoms with Gasteiger partial charge in [0.1, 0.15) is 5.84 Å².